The van der Waals surface area contributed by atoms with Crippen molar-refractivity contribution in [3.63, 3.8) is 0 Å². The Bertz CT molecular complexity index is 714. The maximum atomic E-state index is 11.9. The van der Waals surface area contributed by atoms with E-state index >= 15 is 0 Å². The number of rotatable bonds is 4. The van der Waals surface area contributed by atoms with Crippen molar-refractivity contribution in [3.8, 4) is 0 Å². The third-order valence-corrected chi connectivity index (χ3v) is 4.70. The lowest BCUT2D eigenvalue weighted by Gasteiger charge is -2.15. The van der Waals surface area contributed by atoms with Gasteiger partial charge in [0.15, 0.2) is 5.13 Å². The predicted octanol–water partition coefficient (Wildman–Crippen LogP) is 1.33. The second-order valence-electron chi connectivity index (χ2n) is 5.49. The molecule has 0 saturated heterocycles. The second-order valence-corrected chi connectivity index (χ2v) is 6.57. The van der Waals surface area contributed by atoms with Crippen LogP contribution in [-0.4, -0.2) is 29.4 Å². The minimum Gasteiger partial charge on any atom is -0.343 e. The van der Waals surface area contributed by atoms with E-state index in [0.717, 1.165) is 29.8 Å². The molecule has 1 aliphatic rings. The van der Waals surface area contributed by atoms with Crippen LogP contribution in [-0.2, 0) is 17.6 Å². The highest BCUT2D eigenvalue weighted by Crippen LogP contribution is 2.29. The van der Waals surface area contributed by atoms with Gasteiger partial charge < -0.3 is 16.4 Å². The van der Waals surface area contributed by atoms with E-state index in [2.05, 4.69) is 15.6 Å². The molecule has 0 aliphatic heterocycles. The highest BCUT2D eigenvalue weighted by atomic mass is 32.1. The van der Waals surface area contributed by atoms with E-state index in [1.807, 2.05) is 6.07 Å². The molecule has 1 aliphatic carbocycles. The highest BCUT2D eigenvalue weighted by Gasteiger charge is 2.20. The molecule has 1 heterocycles. The molecular weight excluding hydrogens is 312 g/mol. The van der Waals surface area contributed by atoms with Crippen molar-refractivity contribution in [2.45, 2.75) is 25.3 Å². The Morgan fingerprint density at radius 2 is 2.09 bits per heavy atom. The van der Waals surface area contributed by atoms with Gasteiger partial charge in [-0.25, -0.2) is 4.98 Å². The smallest absolute Gasteiger partial charge is 0.251 e. The van der Waals surface area contributed by atoms with Crippen molar-refractivity contribution >= 4 is 28.3 Å². The standard InChI is InChI=1S/C16H18N4O2S/c17-11-6-7-12-13(8-11)23-16(19-12)20-14(21)9-18-15(22)10-4-2-1-3-5-10/h1-5,11H,6-9,17H2,(H,18,22)(H,19,20,21)/t11-/m0/s1. The van der Waals surface area contributed by atoms with Gasteiger partial charge in [0.1, 0.15) is 0 Å². The van der Waals surface area contributed by atoms with Crippen molar-refractivity contribution in [2.75, 3.05) is 11.9 Å². The van der Waals surface area contributed by atoms with Crippen molar-refractivity contribution in [3.05, 3.63) is 46.5 Å². The van der Waals surface area contributed by atoms with Gasteiger partial charge in [-0.3, -0.25) is 9.59 Å². The summed E-state index contributed by atoms with van der Waals surface area (Å²) in [6.07, 6.45) is 2.60. The molecule has 0 spiro atoms. The number of amides is 2. The summed E-state index contributed by atoms with van der Waals surface area (Å²) < 4.78 is 0. The number of hydrogen-bond acceptors (Lipinski definition) is 5. The van der Waals surface area contributed by atoms with Crippen molar-refractivity contribution in [1.29, 1.82) is 0 Å². The zero-order valence-electron chi connectivity index (χ0n) is 12.5. The maximum Gasteiger partial charge on any atom is 0.251 e. The lowest BCUT2D eigenvalue weighted by molar-refractivity contribution is -0.115. The van der Waals surface area contributed by atoms with Crippen molar-refractivity contribution < 1.29 is 9.59 Å². The number of nitrogens with one attached hydrogen (secondary N) is 2. The normalized spacial score (nSPS) is 16.5. The Kier molecular flexibility index (Phi) is 4.68. The lowest BCUT2D eigenvalue weighted by atomic mass is 9.99. The molecule has 1 aromatic heterocycles. The largest absolute Gasteiger partial charge is 0.343 e. The molecule has 7 heteroatoms. The molecule has 0 fully saturated rings. The van der Waals surface area contributed by atoms with Gasteiger partial charge in [0.05, 0.1) is 12.2 Å². The summed E-state index contributed by atoms with van der Waals surface area (Å²) in [6, 6.07) is 8.97. The van der Waals surface area contributed by atoms with E-state index in [9.17, 15) is 9.59 Å². The molecule has 0 radical (unpaired) electrons. The number of nitrogens with zero attached hydrogens (tertiary/aromatic N) is 1. The SMILES string of the molecule is N[C@H]1CCc2nc(NC(=O)CNC(=O)c3ccccc3)sc2C1. The van der Waals surface area contributed by atoms with Crippen LogP contribution in [0, 0.1) is 0 Å². The summed E-state index contributed by atoms with van der Waals surface area (Å²) in [5.74, 6) is -0.560. The Hall–Kier alpha value is -2.25. The van der Waals surface area contributed by atoms with Crippen molar-refractivity contribution in [2.24, 2.45) is 5.73 Å². The molecule has 0 saturated carbocycles. The van der Waals surface area contributed by atoms with Crippen LogP contribution in [0.1, 0.15) is 27.3 Å². The van der Waals surface area contributed by atoms with E-state index in [1.54, 1.807) is 24.3 Å². The van der Waals surface area contributed by atoms with Crippen LogP contribution < -0.4 is 16.4 Å². The fourth-order valence-electron chi connectivity index (χ4n) is 2.47. The van der Waals surface area contributed by atoms with Gasteiger partial charge in [-0.1, -0.05) is 18.2 Å². The van der Waals surface area contributed by atoms with Gasteiger partial charge >= 0.3 is 0 Å². The quantitative estimate of drug-likeness (QED) is 0.788. The molecule has 1 aromatic carbocycles. The Balaban J connectivity index is 1.53. The Morgan fingerprint density at radius 1 is 1.30 bits per heavy atom. The summed E-state index contributed by atoms with van der Waals surface area (Å²) in [5.41, 5.74) is 7.50. The number of fused-ring (bicyclic) bond motifs is 1. The molecule has 0 bridgehead atoms. The van der Waals surface area contributed by atoms with Crippen molar-refractivity contribution in [1.82, 2.24) is 10.3 Å². The Morgan fingerprint density at radius 3 is 2.87 bits per heavy atom. The monoisotopic (exact) mass is 330 g/mol. The van der Waals surface area contributed by atoms with Crippen LogP contribution in [0.4, 0.5) is 5.13 Å². The van der Waals surface area contributed by atoms with Gasteiger partial charge in [-0.15, -0.1) is 11.3 Å². The molecular formula is C16H18N4O2S. The number of carbonyl (C=O) groups excluding carboxylic acids is 2. The van der Waals surface area contributed by atoms with Gasteiger partial charge in [0, 0.05) is 16.5 Å². The highest BCUT2D eigenvalue weighted by molar-refractivity contribution is 7.15. The van der Waals surface area contributed by atoms with Gasteiger partial charge in [-0.05, 0) is 31.4 Å². The average Bonchev–Trinajstić information content (AvgIpc) is 2.94. The molecule has 1 atom stereocenters. The molecule has 4 N–H and O–H groups in total. The third-order valence-electron chi connectivity index (χ3n) is 3.67. The molecule has 6 nitrogen and oxygen atoms in total. The zero-order valence-corrected chi connectivity index (χ0v) is 13.4. The first-order chi connectivity index (χ1) is 11.1. The number of benzene rings is 1. The van der Waals surface area contributed by atoms with Gasteiger partial charge in [-0.2, -0.15) is 0 Å². The predicted molar refractivity (Wildman–Crippen MR) is 89.5 cm³/mol. The summed E-state index contributed by atoms with van der Waals surface area (Å²) in [6.45, 7) is -0.0858. The molecule has 23 heavy (non-hydrogen) atoms. The summed E-state index contributed by atoms with van der Waals surface area (Å²) >= 11 is 1.46. The van der Waals surface area contributed by atoms with E-state index in [0.29, 0.717) is 10.7 Å². The lowest BCUT2D eigenvalue weighted by Crippen LogP contribution is -2.32. The van der Waals surface area contributed by atoms with Crippen LogP contribution >= 0.6 is 11.3 Å². The second kappa shape index (κ2) is 6.89. The fourth-order valence-corrected chi connectivity index (χ4v) is 3.59. The van der Waals surface area contributed by atoms with E-state index < -0.39 is 0 Å². The number of nitrogens with two attached hydrogens (primary N) is 1. The molecule has 0 unspecified atom stereocenters. The first-order valence-corrected chi connectivity index (χ1v) is 8.30. The first-order valence-electron chi connectivity index (χ1n) is 7.49. The van der Waals surface area contributed by atoms with Crippen LogP contribution in [0.5, 0.6) is 0 Å². The van der Waals surface area contributed by atoms with E-state index in [-0.39, 0.29) is 24.4 Å². The maximum absolute atomic E-state index is 11.9. The number of carbonyl (C=O) groups is 2. The number of anilines is 1. The molecule has 2 amide bonds. The minimum absolute atomic E-state index is 0.0858. The summed E-state index contributed by atoms with van der Waals surface area (Å²) in [4.78, 5) is 29.4. The number of aryl methyl sites for hydroxylation is 1. The number of thiazole rings is 1. The number of hydrogen-bond donors (Lipinski definition) is 3. The topological polar surface area (TPSA) is 97.1 Å². The first kappa shape index (κ1) is 15.6. The van der Waals surface area contributed by atoms with Crippen LogP contribution in [0.15, 0.2) is 30.3 Å². The minimum atomic E-state index is -0.287. The summed E-state index contributed by atoms with van der Waals surface area (Å²) in [7, 11) is 0. The molecule has 3 rings (SSSR count). The van der Waals surface area contributed by atoms with Crippen LogP contribution in [0.3, 0.4) is 0 Å². The summed E-state index contributed by atoms with van der Waals surface area (Å²) in [5, 5.41) is 5.90. The zero-order chi connectivity index (χ0) is 16.2. The fraction of sp³-hybridized carbons (Fsp3) is 0.312. The average molecular weight is 330 g/mol. The third kappa shape index (κ3) is 3.94. The van der Waals surface area contributed by atoms with Gasteiger partial charge in [0.2, 0.25) is 5.91 Å². The van der Waals surface area contributed by atoms with Crippen LogP contribution in [0.25, 0.3) is 0 Å². The molecule has 120 valence electrons. The number of aromatic nitrogens is 1. The molecule has 2 aromatic rings. The van der Waals surface area contributed by atoms with E-state index in [1.165, 1.54) is 11.3 Å². The Labute approximate surface area is 138 Å². The van der Waals surface area contributed by atoms with Gasteiger partial charge in [0.25, 0.3) is 5.91 Å². The van der Waals surface area contributed by atoms with E-state index in [4.69, 9.17) is 5.73 Å². The van der Waals surface area contributed by atoms with Crippen LogP contribution in [0.2, 0.25) is 0 Å².